The molecule has 0 fully saturated rings. The molecule has 0 aliphatic heterocycles. The predicted octanol–water partition coefficient (Wildman–Crippen LogP) is 7.43. The van der Waals surface area contributed by atoms with Crippen molar-refractivity contribution in [3.8, 4) is 0 Å². The lowest BCUT2D eigenvalue weighted by molar-refractivity contribution is -0.116. The maximum absolute atomic E-state index is 13.3. The fraction of sp³-hybridized carbons (Fsp3) is 0.100. The Morgan fingerprint density at radius 2 is 1.69 bits per heavy atom. The van der Waals surface area contributed by atoms with E-state index < -0.39 is 5.91 Å². The second-order valence-electron chi connectivity index (χ2n) is 8.36. The molecule has 1 heterocycles. The van der Waals surface area contributed by atoms with Gasteiger partial charge in [0, 0.05) is 25.5 Å². The minimum absolute atomic E-state index is 0.103. The molecule has 198 valence electrons. The number of hydrogen-bond donors (Lipinski definition) is 3. The lowest BCUT2D eigenvalue weighted by Gasteiger charge is -2.16. The van der Waals surface area contributed by atoms with Crippen LogP contribution in [0.5, 0.6) is 0 Å². The molecule has 4 rings (SSSR count). The number of carbonyl (C=O) groups excluding carboxylic acids is 3. The Labute approximate surface area is 244 Å². The van der Waals surface area contributed by atoms with Crippen LogP contribution in [-0.2, 0) is 9.59 Å². The SMILES string of the molecule is CCC(Sc1cccc(NC(=O)/C(=C/c2cccs2)NC(=O)c2ccccc2)c1)C(=O)Nc1ccccc1Br. The summed E-state index contributed by atoms with van der Waals surface area (Å²) in [6, 6.07) is 27.3. The van der Waals surface area contributed by atoms with Crippen molar-refractivity contribution >= 4 is 74.2 Å². The molecule has 1 atom stereocenters. The quantitative estimate of drug-likeness (QED) is 0.127. The number of carbonyl (C=O) groups is 3. The molecule has 4 aromatic rings. The fourth-order valence-electron chi connectivity index (χ4n) is 3.57. The highest BCUT2D eigenvalue weighted by molar-refractivity contribution is 9.10. The largest absolute Gasteiger partial charge is 0.324 e. The summed E-state index contributed by atoms with van der Waals surface area (Å²) in [5, 5.41) is 10.2. The molecule has 0 radical (unpaired) electrons. The molecule has 1 unspecified atom stereocenters. The van der Waals surface area contributed by atoms with Crippen molar-refractivity contribution < 1.29 is 14.4 Å². The Kier molecular flexibility index (Phi) is 10.1. The minimum Gasteiger partial charge on any atom is -0.324 e. The highest BCUT2D eigenvalue weighted by Gasteiger charge is 2.20. The first-order chi connectivity index (χ1) is 18.9. The highest BCUT2D eigenvalue weighted by Crippen LogP contribution is 2.30. The number of thiophene rings is 1. The molecule has 3 aromatic carbocycles. The lowest BCUT2D eigenvalue weighted by atomic mass is 10.2. The average molecular weight is 621 g/mol. The average Bonchev–Trinajstić information content (AvgIpc) is 3.46. The third-order valence-corrected chi connectivity index (χ3v) is 8.39. The van der Waals surface area contributed by atoms with Crippen LogP contribution in [0.15, 0.2) is 111 Å². The number of anilines is 2. The van der Waals surface area contributed by atoms with Crippen molar-refractivity contribution in [1.29, 1.82) is 0 Å². The van der Waals surface area contributed by atoms with Gasteiger partial charge in [-0.05, 0) is 82.3 Å². The van der Waals surface area contributed by atoms with E-state index in [0.717, 1.165) is 14.2 Å². The van der Waals surface area contributed by atoms with Gasteiger partial charge in [-0.2, -0.15) is 0 Å². The number of benzene rings is 3. The van der Waals surface area contributed by atoms with E-state index >= 15 is 0 Å². The predicted molar refractivity (Wildman–Crippen MR) is 164 cm³/mol. The Bertz CT molecular complexity index is 1470. The molecular weight excluding hydrogens is 594 g/mol. The number of thioether (sulfide) groups is 1. The van der Waals surface area contributed by atoms with Crippen molar-refractivity contribution in [1.82, 2.24) is 5.32 Å². The second-order valence-corrected chi connectivity index (χ2v) is 11.5. The Balaban J connectivity index is 1.47. The summed E-state index contributed by atoms with van der Waals surface area (Å²) in [5.74, 6) is -0.929. The van der Waals surface area contributed by atoms with E-state index in [4.69, 9.17) is 0 Å². The number of halogens is 1. The fourth-order valence-corrected chi connectivity index (χ4v) is 5.62. The number of hydrogen-bond acceptors (Lipinski definition) is 5. The number of rotatable bonds is 10. The van der Waals surface area contributed by atoms with Gasteiger partial charge in [0.1, 0.15) is 5.70 Å². The maximum Gasteiger partial charge on any atom is 0.272 e. The minimum atomic E-state index is -0.450. The molecule has 3 amide bonds. The van der Waals surface area contributed by atoms with E-state index in [-0.39, 0.29) is 22.8 Å². The number of amides is 3. The number of nitrogens with one attached hydrogen (secondary N) is 3. The first-order valence-electron chi connectivity index (χ1n) is 12.2. The normalized spacial score (nSPS) is 11.9. The summed E-state index contributed by atoms with van der Waals surface area (Å²) in [6.45, 7) is 1.96. The number of para-hydroxylation sites is 1. The standard InChI is InChI=1S/C30H26BrN3O3S2/c1-2-27(30(37)33-25-16-7-6-15-24(25)31)39-23-13-8-12-21(18-23)32-29(36)26(19-22-14-9-17-38-22)34-28(35)20-10-4-3-5-11-20/h3-19,27H,2H2,1H3,(H,32,36)(H,33,37)(H,34,35)/b26-19-. The van der Waals surface area contributed by atoms with Gasteiger partial charge in [0.25, 0.3) is 11.8 Å². The van der Waals surface area contributed by atoms with Gasteiger partial charge in [-0.15, -0.1) is 23.1 Å². The highest BCUT2D eigenvalue weighted by atomic mass is 79.9. The molecular formula is C30H26BrN3O3S2. The van der Waals surface area contributed by atoms with Gasteiger partial charge >= 0.3 is 0 Å². The summed E-state index contributed by atoms with van der Waals surface area (Å²) in [7, 11) is 0. The van der Waals surface area contributed by atoms with Gasteiger partial charge < -0.3 is 16.0 Å². The second kappa shape index (κ2) is 13.9. The molecule has 0 aliphatic rings. The van der Waals surface area contributed by atoms with E-state index in [9.17, 15) is 14.4 Å². The molecule has 1 aromatic heterocycles. The van der Waals surface area contributed by atoms with Crippen LogP contribution in [0.2, 0.25) is 0 Å². The van der Waals surface area contributed by atoms with Crippen molar-refractivity contribution in [3.05, 3.63) is 117 Å². The maximum atomic E-state index is 13.3. The van der Waals surface area contributed by atoms with Crippen LogP contribution >= 0.6 is 39.0 Å². The topological polar surface area (TPSA) is 87.3 Å². The molecule has 0 saturated carbocycles. The Hall–Kier alpha value is -3.66. The molecule has 0 aliphatic carbocycles. The molecule has 0 spiro atoms. The first-order valence-corrected chi connectivity index (χ1v) is 14.7. The van der Waals surface area contributed by atoms with E-state index in [1.807, 2.05) is 73.0 Å². The van der Waals surface area contributed by atoms with Gasteiger partial charge in [0.05, 0.1) is 10.9 Å². The van der Waals surface area contributed by atoms with Gasteiger partial charge in [-0.25, -0.2) is 0 Å². The van der Waals surface area contributed by atoms with Crippen molar-refractivity contribution in [2.24, 2.45) is 0 Å². The molecule has 9 heteroatoms. The van der Waals surface area contributed by atoms with E-state index in [1.54, 1.807) is 36.4 Å². The monoisotopic (exact) mass is 619 g/mol. The zero-order valence-corrected chi connectivity index (χ0v) is 24.2. The lowest BCUT2D eigenvalue weighted by Crippen LogP contribution is -2.30. The van der Waals surface area contributed by atoms with E-state index in [0.29, 0.717) is 23.4 Å². The third-order valence-electron chi connectivity index (χ3n) is 5.52. The van der Waals surface area contributed by atoms with Gasteiger partial charge in [0.2, 0.25) is 5.91 Å². The van der Waals surface area contributed by atoms with Crippen LogP contribution in [0.25, 0.3) is 6.08 Å². The van der Waals surface area contributed by atoms with Crippen molar-refractivity contribution in [2.75, 3.05) is 10.6 Å². The van der Waals surface area contributed by atoms with Crippen LogP contribution in [0, 0.1) is 0 Å². The van der Waals surface area contributed by atoms with Crippen molar-refractivity contribution in [2.45, 2.75) is 23.5 Å². The molecule has 39 heavy (non-hydrogen) atoms. The van der Waals surface area contributed by atoms with Crippen LogP contribution < -0.4 is 16.0 Å². The zero-order chi connectivity index (χ0) is 27.6. The molecule has 0 saturated heterocycles. The van der Waals surface area contributed by atoms with Crippen LogP contribution in [0.3, 0.4) is 0 Å². The van der Waals surface area contributed by atoms with E-state index in [1.165, 1.54) is 23.1 Å². The zero-order valence-electron chi connectivity index (χ0n) is 21.0. The van der Waals surface area contributed by atoms with E-state index in [2.05, 4.69) is 31.9 Å². The summed E-state index contributed by atoms with van der Waals surface area (Å²) >= 11 is 6.34. The van der Waals surface area contributed by atoms with Crippen LogP contribution in [-0.4, -0.2) is 23.0 Å². The third kappa shape index (κ3) is 8.16. The van der Waals surface area contributed by atoms with Gasteiger partial charge in [0.15, 0.2) is 0 Å². The van der Waals surface area contributed by atoms with Gasteiger partial charge in [-0.1, -0.05) is 49.4 Å². The molecule has 0 bridgehead atoms. The van der Waals surface area contributed by atoms with Gasteiger partial charge in [-0.3, -0.25) is 14.4 Å². The summed E-state index contributed by atoms with van der Waals surface area (Å²) in [5.41, 5.74) is 1.85. The smallest absolute Gasteiger partial charge is 0.272 e. The molecule has 6 nitrogen and oxygen atoms in total. The Morgan fingerprint density at radius 1 is 0.923 bits per heavy atom. The summed E-state index contributed by atoms with van der Waals surface area (Å²) in [6.07, 6.45) is 2.27. The Morgan fingerprint density at radius 3 is 2.41 bits per heavy atom. The summed E-state index contributed by atoms with van der Waals surface area (Å²) in [4.78, 5) is 40.7. The molecule has 3 N–H and O–H groups in total. The van der Waals surface area contributed by atoms with Crippen LogP contribution in [0.1, 0.15) is 28.6 Å². The van der Waals surface area contributed by atoms with Crippen molar-refractivity contribution in [3.63, 3.8) is 0 Å². The van der Waals surface area contributed by atoms with Crippen LogP contribution in [0.4, 0.5) is 11.4 Å². The summed E-state index contributed by atoms with van der Waals surface area (Å²) < 4.78 is 0.814. The first kappa shape index (κ1) is 28.4.